The Morgan fingerprint density at radius 3 is 2.39 bits per heavy atom. The minimum atomic E-state index is -0.333. The van der Waals surface area contributed by atoms with E-state index >= 15 is 0 Å². The molecule has 2 aromatic carbocycles. The van der Waals surface area contributed by atoms with E-state index in [1.54, 1.807) is 25.3 Å². The van der Waals surface area contributed by atoms with E-state index in [-0.39, 0.29) is 24.8 Å². The van der Waals surface area contributed by atoms with E-state index in [9.17, 15) is 9.18 Å². The first kappa shape index (κ1) is 16.6. The summed E-state index contributed by atoms with van der Waals surface area (Å²) < 4.78 is 28.5. The van der Waals surface area contributed by atoms with Crippen LogP contribution in [0.25, 0.3) is 0 Å². The smallest absolute Gasteiger partial charge is 0.227 e. The van der Waals surface area contributed by atoms with Gasteiger partial charge in [-0.2, -0.15) is 0 Å². The second kappa shape index (κ2) is 8.03. The number of anilines is 1. The number of carbonyl (C=O) groups is 1. The molecule has 0 aliphatic rings. The Hall–Kier alpha value is -2.76. The second-order valence-electron chi connectivity index (χ2n) is 4.67. The zero-order valence-electron chi connectivity index (χ0n) is 13.0. The number of nitrogens with one attached hydrogen (secondary N) is 1. The van der Waals surface area contributed by atoms with Crippen molar-refractivity contribution in [2.75, 3.05) is 26.1 Å². The van der Waals surface area contributed by atoms with Crippen molar-refractivity contribution in [1.82, 2.24) is 0 Å². The Labute approximate surface area is 134 Å². The maximum absolute atomic E-state index is 12.8. The highest BCUT2D eigenvalue weighted by Crippen LogP contribution is 2.28. The van der Waals surface area contributed by atoms with Crippen LogP contribution in [0.2, 0.25) is 0 Å². The van der Waals surface area contributed by atoms with Crippen LogP contribution in [-0.2, 0) is 4.79 Å². The fourth-order valence-corrected chi connectivity index (χ4v) is 1.92. The Balaban J connectivity index is 1.88. The molecule has 2 rings (SSSR count). The molecule has 0 bridgehead atoms. The number of benzene rings is 2. The van der Waals surface area contributed by atoms with Crippen LogP contribution >= 0.6 is 0 Å². The van der Waals surface area contributed by atoms with E-state index in [0.29, 0.717) is 22.9 Å². The van der Waals surface area contributed by atoms with Crippen LogP contribution in [0.3, 0.4) is 0 Å². The number of methoxy groups -OCH3 is 2. The fourth-order valence-electron chi connectivity index (χ4n) is 1.92. The van der Waals surface area contributed by atoms with Gasteiger partial charge in [-0.15, -0.1) is 0 Å². The maximum Gasteiger partial charge on any atom is 0.227 e. The lowest BCUT2D eigenvalue weighted by atomic mass is 10.2. The highest BCUT2D eigenvalue weighted by atomic mass is 19.1. The van der Waals surface area contributed by atoms with Crippen molar-refractivity contribution >= 4 is 11.6 Å². The summed E-state index contributed by atoms with van der Waals surface area (Å²) in [5, 5.41) is 2.75. The molecule has 0 spiro atoms. The van der Waals surface area contributed by atoms with Crippen molar-refractivity contribution < 1.29 is 23.4 Å². The molecule has 0 aliphatic heterocycles. The summed E-state index contributed by atoms with van der Waals surface area (Å²) in [7, 11) is 3.07. The van der Waals surface area contributed by atoms with E-state index in [2.05, 4.69) is 5.32 Å². The largest absolute Gasteiger partial charge is 0.497 e. The molecule has 122 valence electrons. The lowest BCUT2D eigenvalue weighted by Crippen LogP contribution is -2.15. The number of halogens is 1. The van der Waals surface area contributed by atoms with E-state index in [1.165, 1.54) is 31.4 Å². The van der Waals surface area contributed by atoms with Gasteiger partial charge in [0.2, 0.25) is 5.91 Å². The zero-order valence-corrected chi connectivity index (χ0v) is 13.0. The molecule has 0 atom stereocenters. The zero-order chi connectivity index (χ0) is 16.7. The van der Waals surface area contributed by atoms with Gasteiger partial charge in [0.1, 0.15) is 23.1 Å². The molecule has 5 nitrogen and oxygen atoms in total. The number of carbonyl (C=O) groups excluding carboxylic acids is 1. The molecule has 0 unspecified atom stereocenters. The van der Waals surface area contributed by atoms with Crippen LogP contribution < -0.4 is 19.5 Å². The van der Waals surface area contributed by atoms with E-state index in [4.69, 9.17) is 14.2 Å². The molecular formula is C17H18FNO4. The summed E-state index contributed by atoms with van der Waals surface area (Å²) in [5.74, 6) is 1.11. The van der Waals surface area contributed by atoms with E-state index in [0.717, 1.165) is 0 Å². The molecule has 0 aromatic heterocycles. The molecule has 0 aliphatic carbocycles. The van der Waals surface area contributed by atoms with Crippen LogP contribution in [0.15, 0.2) is 42.5 Å². The maximum atomic E-state index is 12.8. The summed E-state index contributed by atoms with van der Waals surface area (Å²) in [6, 6.07) is 10.8. The van der Waals surface area contributed by atoms with Gasteiger partial charge in [0.25, 0.3) is 0 Å². The topological polar surface area (TPSA) is 56.8 Å². The first-order chi connectivity index (χ1) is 11.1. The molecule has 0 heterocycles. The molecule has 1 amide bonds. The van der Waals surface area contributed by atoms with Gasteiger partial charge >= 0.3 is 0 Å². The van der Waals surface area contributed by atoms with Crippen LogP contribution in [0.4, 0.5) is 10.1 Å². The fraction of sp³-hybridized carbons (Fsp3) is 0.235. The van der Waals surface area contributed by atoms with Crippen molar-refractivity contribution in [1.29, 1.82) is 0 Å². The third-order valence-electron chi connectivity index (χ3n) is 3.09. The molecule has 0 fully saturated rings. The quantitative estimate of drug-likeness (QED) is 0.851. The van der Waals surface area contributed by atoms with Gasteiger partial charge in [-0.05, 0) is 36.4 Å². The molecule has 0 saturated carbocycles. The predicted octanol–water partition coefficient (Wildman–Crippen LogP) is 3.25. The first-order valence-electron chi connectivity index (χ1n) is 7.02. The van der Waals surface area contributed by atoms with Crippen LogP contribution in [-0.4, -0.2) is 26.7 Å². The third kappa shape index (κ3) is 4.88. The first-order valence-corrected chi connectivity index (χ1v) is 7.02. The van der Waals surface area contributed by atoms with Crippen LogP contribution in [0.5, 0.6) is 17.2 Å². The predicted molar refractivity (Wildman–Crippen MR) is 84.7 cm³/mol. The summed E-state index contributed by atoms with van der Waals surface area (Å²) in [4.78, 5) is 12.0. The van der Waals surface area contributed by atoms with Gasteiger partial charge in [-0.25, -0.2) is 4.39 Å². The Morgan fingerprint density at radius 2 is 1.74 bits per heavy atom. The molecule has 1 N–H and O–H groups in total. The third-order valence-corrected chi connectivity index (χ3v) is 3.09. The monoisotopic (exact) mass is 319 g/mol. The van der Waals surface area contributed by atoms with E-state index < -0.39 is 0 Å². The normalized spacial score (nSPS) is 10.0. The highest BCUT2D eigenvalue weighted by Gasteiger charge is 2.09. The van der Waals surface area contributed by atoms with Gasteiger partial charge in [-0.1, -0.05) is 0 Å². The molecule has 23 heavy (non-hydrogen) atoms. The van der Waals surface area contributed by atoms with Gasteiger partial charge in [0.05, 0.1) is 32.9 Å². The Kier molecular flexibility index (Phi) is 5.80. The average Bonchev–Trinajstić information content (AvgIpc) is 2.56. The highest BCUT2D eigenvalue weighted by molar-refractivity contribution is 5.92. The molecular weight excluding hydrogens is 301 g/mol. The molecule has 2 aromatic rings. The molecule has 6 heteroatoms. The van der Waals surface area contributed by atoms with Gasteiger partial charge in [0.15, 0.2) is 0 Å². The number of hydrogen-bond donors (Lipinski definition) is 1. The van der Waals surface area contributed by atoms with Crippen molar-refractivity contribution in [3.63, 3.8) is 0 Å². The van der Waals surface area contributed by atoms with E-state index in [1.807, 2.05) is 0 Å². The van der Waals surface area contributed by atoms with Gasteiger partial charge in [-0.3, -0.25) is 4.79 Å². The summed E-state index contributed by atoms with van der Waals surface area (Å²) >= 11 is 0. The van der Waals surface area contributed by atoms with Crippen LogP contribution in [0, 0.1) is 5.82 Å². The number of ether oxygens (including phenoxy) is 3. The van der Waals surface area contributed by atoms with Gasteiger partial charge < -0.3 is 19.5 Å². The van der Waals surface area contributed by atoms with Crippen molar-refractivity contribution in [2.24, 2.45) is 0 Å². The van der Waals surface area contributed by atoms with Crippen molar-refractivity contribution in [3.8, 4) is 17.2 Å². The number of hydrogen-bond acceptors (Lipinski definition) is 4. The SMILES string of the molecule is COc1ccc(OC)c(NC(=O)CCOc2ccc(F)cc2)c1. The Bertz CT molecular complexity index is 658. The minimum absolute atomic E-state index is 0.151. The lowest BCUT2D eigenvalue weighted by molar-refractivity contribution is -0.116. The summed E-state index contributed by atoms with van der Waals surface area (Å²) in [6.45, 7) is 0.184. The number of rotatable bonds is 7. The minimum Gasteiger partial charge on any atom is -0.497 e. The van der Waals surface area contributed by atoms with Crippen LogP contribution in [0.1, 0.15) is 6.42 Å². The number of amides is 1. The summed E-state index contributed by atoms with van der Waals surface area (Å²) in [6.07, 6.45) is 0.151. The Morgan fingerprint density at radius 1 is 1.04 bits per heavy atom. The van der Waals surface area contributed by atoms with Gasteiger partial charge in [0, 0.05) is 6.07 Å². The average molecular weight is 319 g/mol. The summed E-state index contributed by atoms with van der Waals surface area (Å²) in [5.41, 5.74) is 0.527. The molecule has 0 saturated heterocycles. The second-order valence-corrected chi connectivity index (χ2v) is 4.67. The standard InChI is InChI=1S/C17H18FNO4/c1-21-14-7-8-16(22-2)15(11-14)19-17(20)9-10-23-13-5-3-12(18)4-6-13/h3-8,11H,9-10H2,1-2H3,(H,19,20). The lowest BCUT2D eigenvalue weighted by Gasteiger charge is -2.12. The molecule has 0 radical (unpaired) electrons. The van der Waals surface area contributed by atoms with Crippen molar-refractivity contribution in [2.45, 2.75) is 6.42 Å². The van der Waals surface area contributed by atoms with Crippen molar-refractivity contribution in [3.05, 3.63) is 48.3 Å².